The first kappa shape index (κ1) is 10.7. The molecule has 0 fully saturated rings. The summed E-state index contributed by atoms with van der Waals surface area (Å²) < 4.78 is 10.2. The lowest BCUT2D eigenvalue weighted by atomic mass is 10.2. The monoisotopic (exact) mass is 201 g/mol. The summed E-state index contributed by atoms with van der Waals surface area (Å²) in [6, 6.07) is 2.01. The molecule has 1 atom stereocenters. The van der Waals surface area contributed by atoms with Crippen LogP contribution in [0.2, 0.25) is 0 Å². The Morgan fingerprint density at radius 3 is 3.00 bits per heavy atom. The second-order valence-corrected chi connectivity index (χ2v) is 3.51. The minimum Gasteiger partial charge on any atom is -0.382 e. The third kappa shape index (κ3) is 3.87. The standard InChI is InChI=1S/C9H15NO2S/c1-11-3-4-12-6-9(10)8-2-5-13-7-8/h2,5,7,9H,3-4,6,10H2,1H3. The molecule has 1 aromatic rings. The molecule has 0 spiro atoms. The maximum Gasteiger partial charge on any atom is 0.0701 e. The number of hydrogen-bond acceptors (Lipinski definition) is 4. The largest absolute Gasteiger partial charge is 0.382 e. The van der Waals surface area contributed by atoms with Gasteiger partial charge < -0.3 is 15.2 Å². The molecular weight excluding hydrogens is 186 g/mol. The van der Waals surface area contributed by atoms with E-state index >= 15 is 0 Å². The molecule has 3 nitrogen and oxygen atoms in total. The van der Waals surface area contributed by atoms with Gasteiger partial charge in [0.15, 0.2) is 0 Å². The highest BCUT2D eigenvalue weighted by Gasteiger charge is 2.05. The van der Waals surface area contributed by atoms with Gasteiger partial charge in [-0.3, -0.25) is 0 Å². The third-order valence-corrected chi connectivity index (χ3v) is 2.40. The Bertz CT molecular complexity index is 213. The van der Waals surface area contributed by atoms with E-state index in [1.54, 1.807) is 18.4 Å². The fourth-order valence-electron chi connectivity index (χ4n) is 0.935. The first-order chi connectivity index (χ1) is 6.34. The highest BCUT2D eigenvalue weighted by molar-refractivity contribution is 7.07. The van der Waals surface area contributed by atoms with Crippen molar-refractivity contribution in [3.63, 3.8) is 0 Å². The van der Waals surface area contributed by atoms with Gasteiger partial charge in [-0.2, -0.15) is 11.3 Å². The van der Waals surface area contributed by atoms with Crippen LogP contribution in [0, 0.1) is 0 Å². The number of ether oxygens (including phenoxy) is 2. The SMILES string of the molecule is COCCOCC(N)c1ccsc1. The first-order valence-corrected chi connectivity index (χ1v) is 5.13. The van der Waals surface area contributed by atoms with Gasteiger partial charge in [0.1, 0.15) is 0 Å². The number of hydrogen-bond donors (Lipinski definition) is 1. The highest BCUT2D eigenvalue weighted by Crippen LogP contribution is 2.13. The summed E-state index contributed by atoms with van der Waals surface area (Å²) in [6.45, 7) is 1.78. The van der Waals surface area contributed by atoms with Gasteiger partial charge in [-0.05, 0) is 22.4 Å². The summed E-state index contributed by atoms with van der Waals surface area (Å²) in [6.07, 6.45) is 0. The summed E-state index contributed by atoms with van der Waals surface area (Å²) in [5.41, 5.74) is 7.00. The van der Waals surface area contributed by atoms with E-state index in [1.165, 1.54) is 0 Å². The lowest BCUT2D eigenvalue weighted by molar-refractivity contribution is 0.0636. The molecule has 1 unspecified atom stereocenters. The molecule has 0 saturated carbocycles. The number of thiophene rings is 1. The van der Waals surface area contributed by atoms with Crippen molar-refractivity contribution in [3.8, 4) is 0 Å². The average Bonchev–Trinajstić information content (AvgIpc) is 2.65. The van der Waals surface area contributed by atoms with Crippen LogP contribution in [-0.4, -0.2) is 26.9 Å². The van der Waals surface area contributed by atoms with Gasteiger partial charge in [-0.1, -0.05) is 0 Å². The smallest absolute Gasteiger partial charge is 0.0701 e. The molecule has 1 aromatic heterocycles. The van der Waals surface area contributed by atoms with Crippen LogP contribution in [-0.2, 0) is 9.47 Å². The topological polar surface area (TPSA) is 44.5 Å². The molecule has 0 radical (unpaired) electrons. The molecule has 13 heavy (non-hydrogen) atoms. The van der Waals surface area contributed by atoms with Crippen molar-refractivity contribution in [2.24, 2.45) is 5.73 Å². The molecule has 0 amide bonds. The number of nitrogens with two attached hydrogens (primary N) is 1. The molecule has 0 aliphatic carbocycles. The molecular formula is C9H15NO2S. The van der Waals surface area contributed by atoms with E-state index in [1.807, 2.05) is 16.8 Å². The van der Waals surface area contributed by atoms with E-state index in [9.17, 15) is 0 Å². The quantitative estimate of drug-likeness (QED) is 0.708. The molecule has 0 aromatic carbocycles. The predicted molar refractivity (Wildman–Crippen MR) is 53.9 cm³/mol. The van der Waals surface area contributed by atoms with Crippen molar-refractivity contribution in [3.05, 3.63) is 22.4 Å². The Morgan fingerprint density at radius 2 is 2.38 bits per heavy atom. The summed E-state index contributed by atoms with van der Waals surface area (Å²) in [4.78, 5) is 0. The molecule has 0 saturated heterocycles. The van der Waals surface area contributed by atoms with Crippen LogP contribution in [0.5, 0.6) is 0 Å². The van der Waals surface area contributed by atoms with Crippen LogP contribution in [0.15, 0.2) is 16.8 Å². The Morgan fingerprint density at radius 1 is 1.54 bits per heavy atom. The van der Waals surface area contributed by atoms with Crippen LogP contribution < -0.4 is 5.73 Å². The molecule has 4 heteroatoms. The van der Waals surface area contributed by atoms with Gasteiger partial charge >= 0.3 is 0 Å². The number of rotatable bonds is 6. The third-order valence-electron chi connectivity index (χ3n) is 1.70. The second kappa shape index (κ2) is 6.10. The maximum atomic E-state index is 5.86. The van der Waals surface area contributed by atoms with Gasteiger partial charge in [0, 0.05) is 7.11 Å². The molecule has 0 aliphatic rings. The van der Waals surface area contributed by atoms with E-state index < -0.39 is 0 Å². The van der Waals surface area contributed by atoms with Gasteiger partial charge in [-0.15, -0.1) is 0 Å². The minimum atomic E-state index is -0.0110. The Kier molecular flexibility index (Phi) is 5.00. The maximum absolute atomic E-state index is 5.86. The average molecular weight is 201 g/mol. The van der Waals surface area contributed by atoms with Crippen LogP contribution in [0.1, 0.15) is 11.6 Å². The molecule has 0 bridgehead atoms. The predicted octanol–water partition coefficient (Wildman–Crippen LogP) is 1.41. The molecule has 2 N–H and O–H groups in total. The second-order valence-electron chi connectivity index (χ2n) is 2.73. The minimum absolute atomic E-state index is 0.0110. The lowest BCUT2D eigenvalue weighted by Crippen LogP contribution is -2.17. The Balaban J connectivity index is 2.15. The van der Waals surface area contributed by atoms with Gasteiger partial charge in [-0.25, -0.2) is 0 Å². The fraction of sp³-hybridized carbons (Fsp3) is 0.556. The summed E-state index contributed by atoms with van der Waals surface area (Å²) in [5.74, 6) is 0. The first-order valence-electron chi connectivity index (χ1n) is 4.19. The van der Waals surface area contributed by atoms with Crippen LogP contribution in [0.4, 0.5) is 0 Å². The zero-order valence-corrected chi connectivity index (χ0v) is 8.55. The van der Waals surface area contributed by atoms with E-state index in [0.717, 1.165) is 5.56 Å². The molecule has 1 rings (SSSR count). The van der Waals surface area contributed by atoms with Crippen molar-refractivity contribution in [1.82, 2.24) is 0 Å². The zero-order valence-electron chi connectivity index (χ0n) is 7.73. The summed E-state index contributed by atoms with van der Waals surface area (Å²) >= 11 is 1.65. The lowest BCUT2D eigenvalue weighted by Gasteiger charge is -2.09. The van der Waals surface area contributed by atoms with Crippen molar-refractivity contribution in [1.29, 1.82) is 0 Å². The molecule has 74 valence electrons. The van der Waals surface area contributed by atoms with Gasteiger partial charge in [0.25, 0.3) is 0 Å². The van der Waals surface area contributed by atoms with E-state index in [0.29, 0.717) is 19.8 Å². The molecule has 1 heterocycles. The van der Waals surface area contributed by atoms with Crippen molar-refractivity contribution in [2.75, 3.05) is 26.9 Å². The Labute approximate surface area is 82.5 Å². The van der Waals surface area contributed by atoms with Gasteiger partial charge in [0.05, 0.1) is 25.9 Å². The van der Waals surface area contributed by atoms with Crippen molar-refractivity contribution < 1.29 is 9.47 Å². The fourth-order valence-corrected chi connectivity index (χ4v) is 1.66. The van der Waals surface area contributed by atoms with Crippen LogP contribution in [0.25, 0.3) is 0 Å². The highest BCUT2D eigenvalue weighted by atomic mass is 32.1. The van der Waals surface area contributed by atoms with E-state index in [-0.39, 0.29) is 6.04 Å². The van der Waals surface area contributed by atoms with Crippen LogP contribution in [0.3, 0.4) is 0 Å². The number of methoxy groups -OCH3 is 1. The van der Waals surface area contributed by atoms with Crippen LogP contribution >= 0.6 is 11.3 Å². The van der Waals surface area contributed by atoms with Crippen molar-refractivity contribution in [2.45, 2.75) is 6.04 Å². The van der Waals surface area contributed by atoms with Gasteiger partial charge in [0.2, 0.25) is 0 Å². The van der Waals surface area contributed by atoms with E-state index in [4.69, 9.17) is 15.2 Å². The normalized spacial score (nSPS) is 13.1. The molecule has 0 aliphatic heterocycles. The summed E-state index contributed by atoms with van der Waals surface area (Å²) in [5, 5.41) is 4.06. The van der Waals surface area contributed by atoms with Crippen molar-refractivity contribution >= 4 is 11.3 Å². The summed E-state index contributed by atoms with van der Waals surface area (Å²) in [7, 11) is 1.65. The zero-order chi connectivity index (χ0) is 9.52. The van der Waals surface area contributed by atoms with E-state index in [2.05, 4.69) is 0 Å². The Hall–Kier alpha value is -0.420.